The number of aromatic nitrogens is 3. The maximum atomic E-state index is 4.53. The Kier molecular flexibility index (Phi) is 3.06. The van der Waals surface area contributed by atoms with E-state index in [9.17, 15) is 0 Å². The summed E-state index contributed by atoms with van der Waals surface area (Å²) >= 11 is 0. The van der Waals surface area contributed by atoms with Crippen molar-refractivity contribution < 1.29 is 0 Å². The average molecular weight is 260 g/mol. The van der Waals surface area contributed by atoms with E-state index >= 15 is 0 Å². The standard InChI is InChI=1S/C15H24N4/c1-2-4-11(5-3-1)10-13-17-18-15-14(12-6-7-12)16-8-9-19(13)15/h11-12,14,16H,1-10H2. The molecular formula is C15H24N4. The minimum atomic E-state index is 0.487. The van der Waals surface area contributed by atoms with E-state index in [1.54, 1.807) is 0 Å². The zero-order valence-corrected chi connectivity index (χ0v) is 11.6. The maximum absolute atomic E-state index is 4.53. The molecule has 2 saturated carbocycles. The molecule has 104 valence electrons. The molecule has 2 heterocycles. The molecule has 1 N–H and O–H groups in total. The van der Waals surface area contributed by atoms with Crippen LogP contribution in [-0.4, -0.2) is 21.3 Å². The molecule has 1 atom stereocenters. The summed E-state index contributed by atoms with van der Waals surface area (Å²) in [6.45, 7) is 2.15. The van der Waals surface area contributed by atoms with Gasteiger partial charge in [-0.3, -0.25) is 0 Å². The number of hydrogen-bond acceptors (Lipinski definition) is 3. The molecule has 0 amide bonds. The molecule has 4 nitrogen and oxygen atoms in total. The predicted octanol–water partition coefficient (Wildman–Crippen LogP) is 2.46. The zero-order valence-electron chi connectivity index (χ0n) is 11.6. The van der Waals surface area contributed by atoms with Crippen LogP contribution in [-0.2, 0) is 13.0 Å². The third kappa shape index (κ3) is 2.31. The summed E-state index contributed by atoms with van der Waals surface area (Å²) in [6.07, 6.45) is 10.9. The number of nitrogens with one attached hydrogen (secondary N) is 1. The van der Waals surface area contributed by atoms with Crippen LogP contribution >= 0.6 is 0 Å². The van der Waals surface area contributed by atoms with Crippen LogP contribution in [0.1, 0.15) is 62.6 Å². The Hall–Kier alpha value is -0.900. The molecule has 0 aromatic carbocycles. The second-order valence-electron chi connectivity index (χ2n) is 6.60. The first-order chi connectivity index (χ1) is 9.42. The molecule has 0 radical (unpaired) electrons. The summed E-state index contributed by atoms with van der Waals surface area (Å²) < 4.78 is 2.42. The summed E-state index contributed by atoms with van der Waals surface area (Å²) in [5, 5.41) is 12.7. The second-order valence-corrected chi connectivity index (χ2v) is 6.60. The van der Waals surface area contributed by atoms with Gasteiger partial charge in [-0.25, -0.2) is 0 Å². The molecule has 1 aliphatic heterocycles. The van der Waals surface area contributed by atoms with E-state index in [0.29, 0.717) is 6.04 Å². The Balaban J connectivity index is 1.53. The van der Waals surface area contributed by atoms with Gasteiger partial charge in [0.15, 0.2) is 5.82 Å². The van der Waals surface area contributed by atoms with E-state index in [1.165, 1.54) is 56.6 Å². The molecule has 2 fully saturated rings. The Bertz CT molecular complexity index is 443. The fourth-order valence-corrected chi connectivity index (χ4v) is 3.85. The Morgan fingerprint density at radius 2 is 1.89 bits per heavy atom. The monoisotopic (exact) mass is 260 g/mol. The van der Waals surface area contributed by atoms with E-state index in [-0.39, 0.29) is 0 Å². The van der Waals surface area contributed by atoms with Crippen LogP contribution in [0.4, 0.5) is 0 Å². The molecule has 2 aliphatic carbocycles. The van der Waals surface area contributed by atoms with Gasteiger partial charge in [-0.2, -0.15) is 0 Å². The topological polar surface area (TPSA) is 42.7 Å². The molecule has 0 spiro atoms. The quantitative estimate of drug-likeness (QED) is 0.908. The minimum Gasteiger partial charge on any atom is -0.312 e. The first-order valence-corrected chi connectivity index (χ1v) is 8.07. The third-order valence-corrected chi connectivity index (χ3v) is 5.12. The normalized spacial score (nSPS) is 28.3. The molecule has 19 heavy (non-hydrogen) atoms. The first kappa shape index (κ1) is 11.9. The van der Waals surface area contributed by atoms with E-state index in [0.717, 1.165) is 31.3 Å². The highest BCUT2D eigenvalue weighted by Crippen LogP contribution is 2.41. The molecule has 0 saturated heterocycles. The molecule has 1 aromatic heterocycles. The van der Waals surface area contributed by atoms with Crippen molar-refractivity contribution in [3.63, 3.8) is 0 Å². The number of fused-ring (bicyclic) bond motifs is 1. The predicted molar refractivity (Wildman–Crippen MR) is 73.8 cm³/mol. The fraction of sp³-hybridized carbons (Fsp3) is 0.867. The maximum Gasteiger partial charge on any atom is 0.150 e. The number of hydrogen-bond donors (Lipinski definition) is 1. The molecular weight excluding hydrogens is 236 g/mol. The van der Waals surface area contributed by atoms with Gasteiger partial charge in [-0.15, -0.1) is 10.2 Å². The van der Waals surface area contributed by atoms with Gasteiger partial charge in [0.25, 0.3) is 0 Å². The Morgan fingerprint density at radius 3 is 2.68 bits per heavy atom. The smallest absolute Gasteiger partial charge is 0.150 e. The summed E-state index contributed by atoms with van der Waals surface area (Å²) in [4.78, 5) is 0. The summed E-state index contributed by atoms with van der Waals surface area (Å²) in [6, 6.07) is 0.487. The van der Waals surface area contributed by atoms with Gasteiger partial charge in [0.05, 0.1) is 6.04 Å². The van der Waals surface area contributed by atoms with Crippen molar-refractivity contribution >= 4 is 0 Å². The van der Waals surface area contributed by atoms with Gasteiger partial charge >= 0.3 is 0 Å². The van der Waals surface area contributed by atoms with Crippen molar-refractivity contribution in [3.8, 4) is 0 Å². The van der Waals surface area contributed by atoms with Crippen molar-refractivity contribution in [1.82, 2.24) is 20.1 Å². The van der Waals surface area contributed by atoms with Gasteiger partial charge in [0, 0.05) is 19.5 Å². The van der Waals surface area contributed by atoms with Crippen molar-refractivity contribution in [2.45, 2.75) is 64.0 Å². The van der Waals surface area contributed by atoms with E-state index < -0.39 is 0 Å². The molecule has 0 bridgehead atoms. The van der Waals surface area contributed by atoms with Crippen molar-refractivity contribution in [3.05, 3.63) is 11.6 Å². The zero-order chi connectivity index (χ0) is 12.7. The SMILES string of the molecule is C1CCC(Cc2nnc3n2CCNC3C2CC2)CC1. The number of rotatable bonds is 3. The van der Waals surface area contributed by atoms with E-state index in [1.807, 2.05) is 0 Å². The Labute approximate surface area is 115 Å². The first-order valence-electron chi connectivity index (χ1n) is 8.07. The van der Waals surface area contributed by atoms with Gasteiger partial charge in [-0.1, -0.05) is 32.1 Å². The van der Waals surface area contributed by atoms with Crippen LogP contribution in [0.15, 0.2) is 0 Å². The van der Waals surface area contributed by atoms with Crippen LogP contribution in [0.5, 0.6) is 0 Å². The van der Waals surface area contributed by atoms with Crippen molar-refractivity contribution in [2.24, 2.45) is 11.8 Å². The van der Waals surface area contributed by atoms with Crippen molar-refractivity contribution in [2.75, 3.05) is 6.54 Å². The van der Waals surface area contributed by atoms with Gasteiger partial charge in [0.1, 0.15) is 5.82 Å². The fourth-order valence-electron chi connectivity index (χ4n) is 3.85. The second kappa shape index (κ2) is 4.89. The van der Waals surface area contributed by atoms with Crippen LogP contribution < -0.4 is 5.32 Å². The highest BCUT2D eigenvalue weighted by molar-refractivity contribution is 5.09. The van der Waals surface area contributed by atoms with Crippen LogP contribution in [0, 0.1) is 11.8 Å². The van der Waals surface area contributed by atoms with Gasteiger partial charge in [0.2, 0.25) is 0 Å². The van der Waals surface area contributed by atoms with E-state index in [2.05, 4.69) is 20.1 Å². The minimum absolute atomic E-state index is 0.487. The van der Waals surface area contributed by atoms with Crippen LogP contribution in [0.3, 0.4) is 0 Å². The molecule has 3 aliphatic rings. The lowest BCUT2D eigenvalue weighted by Gasteiger charge is -2.26. The molecule has 1 aromatic rings. The molecule has 1 unspecified atom stereocenters. The molecule has 4 rings (SSSR count). The molecule has 4 heteroatoms. The lowest BCUT2D eigenvalue weighted by molar-refractivity contribution is 0.337. The highest BCUT2D eigenvalue weighted by Gasteiger charge is 2.37. The summed E-state index contributed by atoms with van der Waals surface area (Å²) in [5.41, 5.74) is 0. The number of nitrogens with zero attached hydrogens (tertiary/aromatic N) is 3. The summed E-state index contributed by atoms with van der Waals surface area (Å²) in [7, 11) is 0. The van der Waals surface area contributed by atoms with Gasteiger partial charge < -0.3 is 9.88 Å². The van der Waals surface area contributed by atoms with Crippen LogP contribution in [0.25, 0.3) is 0 Å². The van der Waals surface area contributed by atoms with E-state index in [4.69, 9.17) is 0 Å². The van der Waals surface area contributed by atoms with Gasteiger partial charge in [-0.05, 0) is 24.7 Å². The lowest BCUT2D eigenvalue weighted by Crippen LogP contribution is -2.35. The average Bonchev–Trinajstić information content (AvgIpc) is 3.22. The highest BCUT2D eigenvalue weighted by atomic mass is 15.3. The largest absolute Gasteiger partial charge is 0.312 e. The third-order valence-electron chi connectivity index (χ3n) is 5.12. The lowest BCUT2D eigenvalue weighted by atomic mass is 9.87. The Morgan fingerprint density at radius 1 is 1.05 bits per heavy atom. The van der Waals surface area contributed by atoms with Crippen LogP contribution in [0.2, 0.25) is 0 Å². The van der Waals surface area contributed by atoms with Crippen molar-refractivity contribution in [1.29, 1.82) is 0 Å². The summed E-state index contributed by atoms with van der Waals surface area (Å²) in [5.74, 6) is 4.16.